The van der Waals surface area contributed by atoms with Crippen LogP contribution < -0.4 is 20.3 Å². The Hall–Kier alpha value is -3.71. The molecule has 0 radical (unpaired) electrons. The van der Waals surface area contributed by atoms with E-state index in [1.165, 1.54) is 0 Å². The topological polar surface area (TPSA) is 73.9 Å². The molecule has 1 aliphatic heterocycles. The molecule has 0 aromatic heterocycles. The molecule has 1 aliphatic rings. The van der Waals surface area contributed by atoms with Crippen LogP contribution in [0.15, 0.2) is 78.9 Å². The number of hydrogen-bond donors (Lipinski definition) is 2. The average Bonchev–Trinajstić information content (AvgIpc) is 2.85. The van der Waals surface area contributed by atoms with E-state index in [1.807, 2.05) is 59.5 Å². The number of halogens is 1. The number of nitrogens with one attached hydrogen (secondary N) is 2. The molecule has 8 heteroatoms. The third-order valence-corrected chi connectivity index (χ3v) is 5.54. The lowest BCUT2D eigenvalue weighted by Crippen LogP contribution is -2.50. The van der Waals surface area contributed by atoms with Crippen LogP contribution in [0.5, 0.6) is 5.75 Å². The zero-order valence-corrected chi connectivity index (χ0v) is 18.8. The zero-order chi connectivity index (χ0) is 23.0. The van der Waals surface area contributed by atoms with E-state index in [0.29, 0.717) is 29.5 Å². The molecule has 1 fully saturated rings. The minimum Gasteiger partial charge on any atom is -0.484 e. The highest BCUT2D eigenvalue weighted by Gasteiger charge is 2.21. The Morgan fingerprint density at radius 2 is 1.42 bits per heavy atom. The van der Waals surface area contributed by atoms with Crippen molar-refractivity contribution in [1.82, 2.24) is 4.90 Å². The highest BCUT2D eigenvalue weighted by atomic mass is 35.5. The van der Waals surface area contributed by atoms with Crippen LogP contribution in [0.1, 0.15) is 0 Å². The maximum atomic E-state index is 12.5. The number of hydrogen-bond acceptors (Lipinski definition) is 4. The summed E-state index contributed by atoms with van der Waals surface area (Å²) in [5.41, 5.74) is 2.54. The van der Waals surface area contributed by atoms with Gasteiger partial charge in [-0.1, -0.05) is 29.8 Å². The Morgan fingerprint density at radius 3 is 2.09 bits per heavy atom. The fraction of sp³-hybridized carbons (Fsp3) is 0.200. The van der Waals surface area contributed by atoms with Gasteiger partial charge in [0.2, 0.25) is 0 Å². The summed E-state index contributed by atoms with van der Waals surface area (Å²) in [6.45, 7) is 2.67. The summed E-state index contributed by atoms with van der Waals surface area (Å²) in [4.78, 5) is 28.7. The zero-order valence-electron chi connectivity index (χ0n) is 18.0. The monoisotopic (exact) mass is 464 g/mol. The summed E-state index contributed by atoms with van der Waals surface area (Å²) in [6.07, 6.45) is 0. The quantitative estimate of drug-likeness (QED) is 0.554. The summed E-state index contributed by atoms with van der Waals surface area (Å²) in [6, 6.07) is 23.9. The number of para-hydroxylation sites is 1. The van der Waals surface area contributed by atoms with Gasteiger partial charge in [-0.05, 0) is 60.7 Å². The van der Waals surface area contributed by atoms with Crippen molar-refractivity contribution in [3.63, 3.8) is 0 Å². The van der Waals surface area contributed by atoms with Gasteiger partial charge >= 0.3 is 6.03 Å². The second-order valence-corrected chi connectivity index (χ2v) is 8.04. The van der Waals surface area contributed by atoms with Gasteiger partial charge in [-0.3, -0.25) is 4.79 Å². The van der Waals surface area contributed by atoms with Crippen molar-refractivity contribution < 1.29 is 14.3 Å². The van der Waals surface area contributed by atoms with Gasteiger partial charge in [-0.15, -0.1) is 0 Å². The minimum atomic E-state index is -0.240. The molecule has 3 aromatic carbocycles. The Kier molecular flexibility index (Phi) is 7.32. The number of urea groups is 1. The number of rotatable bonds is 6. The molecule has 0 atom stereocenters. The number of anilines is 3. The minimum absolute atomic E-state index is 0.0836. The van der Waals surface area contributed by atoms with Gasteiger partial charge in [0.05, 0.1) is 0 Å². The van der Waals surface area contributed by atoms with Crippen LogP contribution in [0.4, 0.5) is 21.9 Å². The lowest BCUT2D eigenvalue weighted by atomic mass is 10.2. The lowest BCUT2D eigenvalue weighted by molar-refractivity contribution is -0.118. The third kappa shape index (κ3) is 6.40. The molecule has 0 saturated carbocycles. The molecule has 3 aromatic rings. The van der Waals surface area contributed by atoms with E-state index in [9.17, 15) is 9.59 Å². The largest absolute Gasteiger partial charge is 0.484 e. The molecule has 0 spiro atoms. The molecule has 7 nitrogen and oxygen atoms in total. The van der Waals surface area contributed by atoms with Crippen LogP contribution in [0, 0.1) is 0 Å². The van der Waals surface area contributed by atoms with E-state index in [1.54, 1.807) is 24.3 Å². The molecule has 1 heterocycles. The fourth-order valence-corrected chi connectivity index (χ4v) is 3.65. The van der Waals surface area contributed by atoms with Crippen LogP contribution >= 0.6 is 11.6 Å². The lowest BCUT2D eigenvalue weighted by Gasteiger charge is -2.36. The molecule has 0 aliphatic carbocycles. The van der Waals surface area contributed by atoms with Gasteiger partial charge < -0.3 is 25.2 Å². The van der Waals surface area contributed by atoms with Crippen molar-refractivity contribution in [3.05, 3.63) is 83.9 Å². The van der Waals surface area contributed by atoms with E-state index in [0.717, 1.165) is 24.5 Å². The Balaban J connectivity index is 1.22. The van der Waals surface area contributed by atoms with Crippen molar-refractivity contribution in [2.24, 2.45) is 0 Å². The van der Waals surface area contributed by atoms with Gasteiger partial charge in [0.25, 0.3) is 5.91 Å². The van der Waals surface area contributed by atoms with E-state index in [-0.39, 0.29) is 18.5 Å². The van der Waals surface area contributed by atoms with Gasteiger partial charge in [-0.2, -0.15) is 0 Å². The molecular formula is C25H25ClN4O3. The standard InChI is InChI=1S/C25H25ClN4O3/c26-19-6-12-23(13-7-19)33-18-24(31)27-21-8-10-22(11-9-21)29-14-16-30(17-15-29)25(32)28-20-4-2-1-3-5-20/h1-13H,14-18H2,(H,27,31)(H,28,32). The maximum absolute atomic E-state index is 12.5. The highest BCUT2D eigenvalue weighted by Crippen LogP contribution is 2.20. The Bertz CT molecular complexity index is 1070. The molecule has 170 valence electrons. The van der Waals surface area contributed by atoms with E-state index < -0.39 is 0 Å². The van der Waals surface area contributed by atoms with E-state index in [4.69, 9.17) is 16.3 Å². The van der Waals surface area contributed by atoms with Crippen LogP contribution in [0.25, 0.3) is 0 Å². The van der Waals surface area contributed by atoms with Crippen molar-refractivity contribution in [1.29, 1.82) is 0 Å². The first-order chi connectivity index (χ1) is 16.1. The number of nitrogens with zero attached hydrogens (tertiary/aromatic N) is 2. The van der Waals surface area contributed by atoms with Gasteiger partial charge in [-0.25, -0.2) is 4.79 Å². The summed E-state index contributed by atoms with van der Waals surface area (Å²) < 4.78 is 5.46. The van der Waals surface area contributed by atoms with Gasteiger partial charge in [0, 0.05) is 48.3 Å². The molecule has 1 saturated heterocycles. The number of amides is 3. The van der Waals surface area contributed by atoms with Crippen molar-refractivity contribution in [2.45, 2.75) is 0 Å². The predicted octanol–water partition coefficient (Wildman–Crippen LogP) is 4.71. The molecule has 33 heavy (non-hydrogen) atoms. The first kappa shape index (κ1) is 22.5. The predicted molar refractivity (Wildman–Crippen MR) is 131 cm³/mol. The number of piperazine rings is 1. The molecule has 0 bridgehead atoms. The maximum Gasteiger partial charge on any atom is 0.321 e. The first-order valence-electron chi connectivity index (χ1n) is 10.7. The average molecular weight is 465 g/mol. The normalized spacial score (nSPS) is 13.4. The molecule has 2 N–H and O–H groups in total. The molecule has 3 amide bonds. The number of ether oxygens (including phenoxy) is 1. The van der Waals surface area contributed by atoms with Gasteiger partial charge in [0.15, 0.2) is 6.61 Å². The second-order valence-electron chi connectivity index (χ2n) is 7.61. The van der Waals surface area contributed by atoms with Crippen molar-refractivity contribution in [2.75, 3.05) is 48.3 Å². The molecule has 4 rings (SSSR count). The summed E-state index contributed by atoms with van der Waals surface area (Å²) in [5, 5.41) is 6.37. The summed E-state index contributed by atoms with van der Waals surface area (Å²) >= 11 is 5.84. The Labute approximate surface area is 197 Å². The summed E-state index contributed by atoms with van der Waals surface area (Å²) in [5.74, 6) is 0.345. The number of carbonyl (C=O) groups is 2. The van der Waals surface area contributed by atoms with Crippen LogP contribution in [0.2, 0.25) is 5.02 Å². The third-order valence-electron chi connectivity index (χ3n) is 5.29. The van der Waals surface area contributed by atoms with Crippen molar-refractivity contribution in [3.8, 4) is 5.75 Å². The van der Waals surface area contributed by atoms with Crippen LogP contribution in [-0.4, -0.2) is 49.6 Å². The van der Waals surface area contributed by atoms with Gasteiger partial charge in [0.1, 0.15) is 5.75 Å². The SMILES string of the molecule is O=C(COc1ccc(Cl)cc1)Nc1ccc(N2CCN(C(=O)Nc3ccccc3)CC2)cc1. The van der Waals surface area contributed by atoms with E-state index >= 15 is 0 Å². The highest BCUT2D eigenvalue weighted by molar-refractivity contribution is 6.30. The molecular weight excluding hydrogens is 440 g/mol. The van der Waals surface area contributed by atoms with Crippen LogP contribution in [-0.2, 0) is 4.79 Å². The van der Waals surface area contributed by atoms with Crippen LogP contribution in [0.3, 0.4) is 0 Å². The van der Waals surface area contributed by atoms with E-state index in [2.05, 4.69) is 15.5 Å². The first-order valence-corrected chi connectivity index (χ1v) is 11.1. The smallest absolute Gasteiger partial charge is 0.321 e. The second kappa shape index (κ2) is 10.7. The molecule has 0 unspecified atom stereocenters. The fourth-order valence-electron chi connectivity index (χ4n) is 3.52. The van der Waals surface area contributed by atoms with Crippen molar-refractivity contribution >= 4 is 40.6 Å². The summed E-state index contributed by atoms with van der Waals surface area (Å²) in [7, 11) is 0. The Morgan fingerprint density at radius 1 is 0.788 bits per heavy atom. The number of carbonyl (C=O) groups excluding carboxylic acids is 2. The number of benzene rings is 3.